The van der Waals surface area contributed by atoms with Gasteiger partial charge in [-0.25, -0.2) is 0 Å². The molecule has 94 valence electrons. The van der Waals surface area contributed by atoms with Gasteiger partial charge in [0.05, 0.1) is 16.3 Å². The Bertz CT molecular complexity index is 439. The minimum atomic E-state index is -0.868. The van der Waals surface area contributed by atoms with Crippen LogP contribution in [0, 0.1) is 0 Å². The van der Waals surface area contributed by atoms with Gasteiger partial charge in [0, 0.05) is 31.6 Å². The van der Waals surface area contributed by atoms with Gasteiger partial charge in [-0.05, 0) is 24.1 Å². The first-order valence-electron chi connectivity index (χ1n) is 5.57. The molecule has 1 aromatic carbocycles. The molecule has 3 N–H and O–H groups in total. The van der Waals surface area contributed by atoms with Crippen molar-refractivity contribution in [3.63, 3.8) is 0 Å². The zero-order valence-electron chi connectivity index (χ0n) is 9.71. The molecule has 1 atom stereocenters. The molecule has 1 aliphatic heterocycles. The van der Waals surface area contributed by atoms with E-state index in [-0.39, 0.29) is 6.54 Å². The topological polar surface area (TPSA) is 49.5 Å². The molecule has 0 bridgehead atoms. The summed E-state index contributed by atoms with van der Waals surface area (Å²) in [5.41, 5.74) is 6.68. The van der Waals surface area contributed by atoms with Gasteiger partial charge in [0.1, 0.15) is 0 Å². The smallest absolute Gasteiger partial charge is 0.0827 e. The minimum Gasteiger partial charge on any atom is -0.388 e. The summed E-state index contributed by atoms with van der Waals surface area (Å²) in [4.78, 5) is 2.04. The summed E-state index contributed by atoms with van der Waals surface area (Å²) in [7, 11) is 1.96. The van der Waals surface area contributed by atoms with Crippen molar-refractivity contribution in [1.82, 2.24) is 0 Å². The van der Waals surface area contributed by atoms with Crippen molar-refractivity contribution >= 4 is 28.9 Å². The SMILES string of the molecule is CN1CCC(O)(CN)Cc2cc(Cl)cc(Cl)c21. The molecule has 0 aliphatic carbocycles. The fourth-order valence-corrected chi connectivity index (χ4v) is 2.97. The molecule has 1 aliphatic rings. The highest BCUT2D eigenvalue weighted by Gasteiger charge is 2.31. The highest BCUT2D eigenvalue weighted by molar-refractivity contribution is 6.36. The summed E-state index contributed by atoms with van der Waals surface area (Å²) in [5, 5.41) is 11.6. The molecule has 0 fully saturated rings. The van der Waals surface area contributed by atoms with Crippen LogP contribution in [0.15, 0.2) is 12.1 Å². The first-order chi connectivity index (χ1) is 7.95. The van der Waals surface area contributed by atoms with Crippen LogP contribution in [0.2, 0.25) is 10.0 Å². The van der Waals surface area contributed by atoms with E-state index in [1.165, 1.54) is 0 Å². The van der Waals surface area contributed by atoms with Crippen LogP contribution in [0.1, 0.15) is 12.0 Å². The van der Waals surface area contributed by atoms with Crippen LogP contribution in [0.5, 0.6) is 0 Å². The van der Waals surface area contributed by atoms with E-state index in [0.717, 1.165) is 17.8 Å². The zero-order chi connectivity index (χ0) is 12.6. The summed E-state index contributed by atoms with van der Waals surface area (Å²) < 4.78 is 0. The van der Waals surface area contributed by atoms with Crippen molar-refractivity contribution in [1.29, 1.82) is 0 Å². The van der Waals surface area contributed by atoms with E-state index < -0.39 is 5.60 Å². The molecule has 0 saturated carbocycles. The number of aliphatic hydroxyl groups is 1. The molecule has 5 heteroatoms. The molecule has 0 spiro atoms. The second-order valence-corrected chi connectivity index (χ2v) is 5.52. The summed E-state index contributed by atoms with van der Waals surface area (Å²) in [6.07, 6.45) is 1.12. The Balaban J connectivity index is 2.51. The van der Waals surface area contributed by atoms with Crippen molar-refractivity contribution in [3.8, 4) is 0 Å². The summed E-state index contributed by atoms with van der Waals surface area (Å²) in [6.45, 7) is 0.965. The largest absolute Gasteiger partial charge is 0.388 e. The number of fused-ring (bicyclic) bond motifs is 1. The minimum absolute atomic E-state index is 0.240. The number of benzene rings is 1. The maximum Gasteiger partial charge on any atom is 0.0827 e. The van der Waals surface area contributed by atoms with E-state index in [1.807, 2.05) is 18.0 Å². The zero-order valence-corrected chi connectivity index (χ0v) is 11.2. The fourth-order valence-electron chi connectivity index (χ4n) is 2.29. The average Bonchev–Trinajstić information content (AvgIpc) is 2.37. The molecule has 0 saturated heterocycles. The Hall–Kier alpha value is -0.480. The molecule has 0 radical (unpaired) electrons. The first-order valence-corrected chi connectivity index (χ1v) is 6.32. The molecular weight excluding hydrogens is 259 g/mol. The third kappa shape index (κ3) is 2.52. The quantitative estimate of drug-likeness (QED) is 0.825. The third-order valence-electron chi connectivity index (χ3n) is 3.30. The van der Waals surface area contributed by atoms with Crippen LogP contribution in [0.3, 0.4) is 0 Å². The van der Waals surface area contributed by atoms with E-state index in [1.54, 1.807) is 6.07 Å². The van der Waals surface area contributed by atoms with Crippen molar-refractivity contribution in [3.05, 3.63) is 27.7 Å². The van der Waals surface area contributed by atoms with Crippen molar-refractivity contribution in [2.24, 2.45) is 5.73 Å². The number of anilines is 1. The van der Waals surface area contributed by atoms with Gasteiger partial charge in [0.15, 0.2) is 0 Å². The molecule has 2 rings (SSSR count). The summed E-state index contributed by atoms with van der Waals surface area (Å²) >= 11 is 12.2. The van der Waals surface area contributed by atoms with Gasteiger partial charge in [-0.1, -0.05) is 23.2 Å². The molecule has 0 aromatic heterocycles. The maximum atomic E-state index is 10.4. The number of halogens is 2. The number of hydrogen-bond acceptors (Lipinski definition) is 3. The van der Waals surface area contributed by atoms with Crippen LogP contribution in [-0.4, -0.2) is 30.8 Å². The Labute approximate surface area is 111 Å². The average molecular weight is 275 g/mol. The molecule has 1 heterocycles. The standard InChI is InChI=1S/C12H16Cl2N2O/c1-16-3-2-12(17,7-15)6-8-4-9(13)5-10(14)11(8)16/h4-5,17H,2-3,6-7,15H2,1H3. The first kappa shape index (κ1) is 13.0. The highest BCUT2D eigenvalue weighted by Crippen LogP contribution is 2.37. The van der Waals surface area contributed by atoms with E-state index in [4.69, 9.17) is 28.9 Å². The van der Waals surface area contributed by atoms with Crippen LogP contribution < -0.4 is 10.6 Å². The molecule has 1 unspecified atom stereocenters. The lowest BCUT2D eigenvalue weighted by Gasteiger charge is -2.24. The van der Waals surface area contributed by atoms with Crippen LogP contribution in [0.4, 0.5) is 5.69 Å². The van der Waals surface area contributed by atoms with Gasteiger partial charge < -0.3 is 15.7 Å². The number of rotatable bonds is 1. The Morgan fingerprint density at radius 2 is 2.18 bits per heavy atom. The lowest BCUT2D eigenvalue weighted by atomic mass is 9.92. The van der Waals surface area contributed by atoms with Gasteiger partial charge in [-0.3, -0.25) is 0 Å². The van der Waals surface area contributed by atoms with E-state index in [0.29, 0.717) is 22.9 Å². The Morgan fingerprint density at radius 1 is 1.47 bits per heavy atom. The molecule has 0 amide bonds. The molecule has 17 heavy (non-hydrogen) atoms. The van der Waals surface area contributed by atoms with E-state index >= 15 is 0 Å². The third-order valence-corrected chi connectivity index (χ3v) is 3.81. The van der Waals surface area contributed by atoms with Gasteiger partial charge in [0.25, 0.3) is 0 Å². The highest BCUT2D eigenvalue weighted by atomic mass is 35.5. The van der Waals surface area contributed by atoms with Gasteiger partial charge in [-0.15, -0.1) is 0 Å². The van der Waals surface area contributed by atoms with Crippen molar-refractivity contribution < 1.29 is 5.11 Å². The Kier molecular flexibility index (Phi) is 3.55. The lowest BCUT2D eigenvalue weighted by Crippen LogP contribution is -2.40. The monoisotopic (exact) mass is 274 g/mol. The lowest BCUT2D eigenvalue weighted by molar-refractivity contribution is 0.0449. The molecular formula is C12H16Cl2N2O. The predicted octanol–water partition coefficient (Wildman–Crippen LogP) is 2.07. The second kappa shape index (κ2) is 4.65. The normalized spacial score (nSPS) is 24.4. The van der Waals surface area contributed by atoms with Crippen LogP contribution in [0.25, 0.3) is 0 Å². The van der Waals surface area contributed by atoms with Crippen molar-refractivity contribution in [2.75, 3.05) is 25.0 Å². The molecule has 3 nitrogen and oxygen atoms in total. The summed E-state index contributed by atoms with van der Waals surface area (Å²) in [5.74, 6) is 0. The second-order valence-electron chi connectivity index (χ2n) is 4.67. The van der Waals surface area contributed by atoms with E-state index in [9.17, 15) is 5.11 Å². The van der Waals surface area contributed by atoms with Gasteiger partial charge in [0.2, 0.25) is 0 Å². The van der Waals surface area contributed by atoms with Gasteiger partial charge in [-0.2, -0.15) is 0 Å². The van der Waals surface area contributed by atoms with Crippen molar-refractivity contribution in [2.45, 2.75) is 18.4 Å². The number of hydrogen-bond donors (Lipinski definition) is 2. The van der Waals surface area contributed by atoms with Gasteiger partial charge >= 0.3 is 0 Å². The maximum absolute atomic E-state index is 10.4. The van der Waals surface area contributed by atoms with Crippen LogP contribution in [-0.2, 0) is 6.42 Å². The van der Waals surface area contributed by atoms with Crippen LogP contribution >= 0.6 is 23.2 Å². The predicted molar refractivity (Wildman–Crippen MR) is 72.1 cm³/mol. The number of nitrogens with zero attached hydrogens (tertiary/aromatic N) is 1. The van der Waals surface area contributed by atoms with E-state index in [2.05, 4.69) is 0 Å². The summed E-state index contributed by atoms with van der Waals surface area (Å²) in [6, 6.07) is 3.58. The Morgan fingerprint density at radius 3 is 2.82 bits per heavy atom. The molecule has 1 aromatic rings. The fraction of sp³-hybridized carbons (Fsp3) is 0.500. The number of nitrogens with two attached hydrogens (primary N) is 1.